The fourth-order valence-electron chi connectivity index (χ4n) is 1.91. The molecule has 2 aromatic heterocycles. The second-order valence-corrected chi connectivity index (χ2v) is 4.88. The quantitative estimate of drug-likeness (QED) is 0.715. The van der Waals surface area contributed by atoms with Crippen LogP contribution in [-0.2, 0) is 6.42 Å². The molecule has 0 aliphatic rings. The third-order valence-electron chi connectivity index (χ3n) is 2.86. The smallest absolute Gasteiger partial charge is 0.153 e. The first-order valence-electron chi connectivity index (χ1n) is 6.63. The molecule has 6 nitrogen and oxygen atoms in total. The van der Waals surface area contributed by atoms with Gasteiger partial charge in [-0.3, -0.25) is 0 Å². The molecule has 0 spiro atoms. The molecule has 3 N–H and O–H groups in total. The van der Waals surface area contributed by atoms with Crippen molar-refractivity contribution in [3.63, 3.8) is 0 Å². The first-order chi connectivity index (χ1) is 9.19. The number of fused-ring (bicyclic) bond motifs is 1. The average Bonchev–Trinajstić information content (AvgIpc) is 2.76. The summed E-state index contributed by atoms with van der Waals surface area (Å²) in [5, 5.41) is 7.81. The summed E-state index contributed by atoms with van der Waals surface area (Å²) in [6, 6.07) is 3.94. The maximum absolute atomic E-state index is 5.53. The second kappa shape index (κ2) is 6.49. The van der Waals surface area contributed by atoms with Crippen LogP contribution in [0.5, 0.6) is 0 Å². The van der Waals surface area contributed by atoms with Crippen molar-refractivity contribution in [2.24, 2.45) is 5.73 Å². The fourth-order valence-corrected chi connectivity index (χ4v) is 1.91. The van der Waals surface area contributed by atoms with Crippen molar-refractivity contribution in [1.82, 2.24) is 19.5 Å². The summed E-state index contributed by atoms with van der Waals surface area (Å²) in [6.45, 7) is 2.60. The molecular formula is C13H22N6. The summed E-state index contributed by atoms with van der Waals surface area (Å²) in [5.74, 6) is 0.878. The van der Waals surface area contributed by atoms with Crippen molar-refractivity contribution in [1.29, 1.82) is 0 Å². The van der Waals surface area contributed by atoms with E-state index < -0.39 is 0 Å². The second-order valence-electron chi connectivity index (χ2n) is 4.88. The number of hydrogen-bond donors (Lipinski definition) is 2. The van der Waals surface area contributed by atoms with Crippen molar-refractivity contribution >= 4 is 11.5 Å². The molecule has 0 aliphatic carbocycles. The standard InChI is InChI=1S/C13H22N6/c1-18(2)9-3-8-15-12-4-5-13-16-11(6-7-14)10-19(13)17-12/h4-5,10H,3,6-9,14H2,1-2H3,(H,15,17). The number of anilines is 1. The van der Waals surface area contributed by atoms with Crippen LogP contribution in [0, 0.1) is 0 Å². The van der Waals surface area contributed by atoms with Gasteiger partial charge in [0.15, 0.2) is 5.65 Å². The Morgan fingerprint density at radius 3 is 2.95 bits per heavy atom. The number of rotatable bonds is 7. The van der Waals surface area contributed by atoms with E-state index in [1.54, 1.807) is 4.52 Å². The van der Waals surface area contributed by atoms with Crippen LogP contribution in [0.2, 0.25) is 0 Å². The summed E-state index contributed by atoms with van der Waals surface area (Å²) in [7, 11) is 4.16. The van der Waals surface area contributed by atoms with E-state index in [2.05, 4.69) is 34.4 Å². The third-order valence-corrected chi connectivity index (χ3v) is 2.86. The van der Waals surface area contributed by atoms with Crippen LogP contribution >= 0.6 is 0 Å². The molecule has 0 bridgehead atoms. The first kappa shape index (κ1) is 13.8. The molecular weight excluding hydrogens is 240 g/mol. The molecule has 104 valence electrons. The average molecular weight is 262 g/mol. The minimum atomic E-state index is 0.611. The highest BCUT2D eigenvalue weighted by Gasteiger charge is 2.03. The van der Waals surface area contributed by atoms with Gasteiger partial charge in [0, 0.05) is 13.0 Å². The minimum Gasteiger partial charge on any atom is -0.369 e. The van der Waals surface area contributed by atoms with E-state index in [1.165, 1.54) is 0 Å². The lowest BCUT2D eigenvalue weighted by atomic mass is 10.3. The topological polar surface area (TPSA) is 71.5 Å². The largest absolute Gasteiger partial charge is 0.369 e. The van der Waals surface area contributed by atoms with E-state index >= 15 is 0 Å². The van der Waals surface area contributed by atoms with Crippen molar-refractivity contribution in [3.8, 4) is 0 Å². The normalized spacial score (nSPS) is 11.4. The SMILES string of the molecule is CN(C)CCCNc1ccc2nc(CCN)cn2n1. The van der Waals surface area contributed by atoms with Gasteiger partial charge in [-0.1, -0.05) is 0 Å². The highest BCUT2D eigenvalue weighted by atomic mass is 15.3. The van der Waals surface area contributed by atoms with Crippen molar-refractivity contribution in [3.05, 3.63) is 24.0 Å². The molecule has 2 rings (SSSR count). The molecule has 0 aromatic carbocycles. The molecule has 0 saturated heterocycles. The highest BCUT2D eigenvalue weighted by molar-refractivity contribution is 5.45. The Morgan fingerprint density at radius 2 is 2.21 bits per heavy atom. The number of nitrogens with two attached hydrogens (primary N) is 1. The first-order valence-corrected chi connectivity index (χ1v) is 6.63. The Kier molecular flexibility index (Phi) is 4.70. The van der Waals surface area contributed by atoms with Crippen molar-refractivity contribution in [2.75, 3.05) is 39.0 Å². The molecule has 0 saturated carbocycles. The van der Waals surface area contributed by atoms with Crippen LogP contribution in [0.3, 0.4) is 0 Å². The number of imidazole rings is 1. The van der Waals surface area contributed by atoms with E-state index in [4.69, 9.17) is 5.73 Å². The van der Waals surface area contributed by atoms with E-state index in [0.29, 0.717) is 6.54 Å². The van der Waals surface area contributed by atoms with Gasteiger partial charge >= 0.3 is 0 Å². The van der Waals surface area contributed by atoms with Crippen molar-refractivity contribution < 1.29 is 0 Å². The molecule has 0 amide bonds. The molecule has 6 heteroatoms. The predicted molar refractivity (Wildman–Crippen MR) is 77.4 cm³/mol. The molecule has 0 fully saturated rings. The fraction of sp³-hybridized carbons (Fsp3) is 0.538. The highest BCUT2D eigenvalue weighted by Crippen LogP contribution is 2.08. The lowest BCUT2D eigenvalue weighted by Gasteiger charge is -2.10. The van der Waals surface area contributed by atoms with Crippen LogP contribution < -0.4 is 11.1 Å². The Balaban J connectivity index is 1.96. The van der Waals surface area contributed by atoms with Gasteiger partial charge in [-0.25, -0.2) is 9.50 Å². The van der Waals surface area contributed by atoms with Crippen molar-refractivity contribution in [2.45, 2.75) is 12.8 Å². The summed E-state index contributed by atoms with van der Waals surface area (Å²) >= 11 is 0. The van der Waals surface area contributed by atoms with Gasteiger partial charge in [0.1, 0.15) is 5.82 Å². The zero-order chi connectivity index (χ0) is 13.7. The van der Waals surface area contributed by atoms with Gasteiger partial charge in [0.25, 0.3) is 0 Å². The number of nitrogens with zero attached hydrogens (tertiary/aromatic N) is 4. The summed E-state index contributed by atoms with van der Waals surface area (Å²) in [5.41, 5.74) is 7.38. The molecule has 0 radical (unpaired) electrons. The summed E-state index contributed by atoms with van der Waals surface area (Å²) in [4.78, 5) is 6.62. The van der Waals surface area contributed by atoms with Crippen LogP contribution in [0.25, 0.3) is 5.65 Å². The molecule has 2 aromatic rings. The Morgan fingerprint density at radius 1 is 1.37 bits per heavy atom. The lowest BCUT2D eigenvalue weighted by Crippen LogP contribution is -2.16. The van der Waals surface area contributed by atoms with Crippen LogP contribution in [-0.4, -0.2) is 53.2 Å². The van der Waals surface area contributed by atoms with Crippen LogP contribution in [0.4, 0.5) is 5.82 Å². The maximum Gasteiger partial charge on any atom is 0.153 e. The van der Waals surface area contributed by atoms with Crippen LogP contribution in [0.15, 0.2) is 18.3 Å². The number of nitrogens with one attached hydrogen (secondary N) is 1. The van der Waals surface area contributed by atoms with Gasteiger partial charge in [-0.2, -0.15) is 0 Å². The third kappa shape index (κ3) is 3.90. The summed E-state index contributed by atoms with van der Waals surface area (Å²) in [6.07, 6.45) is 3.82. The zero-order valence-electron chi connectivity index (χ0n) is 11.6. The zero-order valence-corrected chi connectivity index (χ0v) is 11.6. The van der Waals surface area contributed by atoms with Gasteiger partial charge < -0.3 is 16.0 Å². The monoisotopic (exact) mass is 262 g/mol. The van der Waals surface area contributed by atoms with E-state index in [-0.39, 0.29) is 0 Å². The molecule has 2 heterocycles. The maximum atomic E-state index is 5.53. The Labute approximate surface area is 113 Å². The summed E-state index contributed by atoms with van der Waals surface area (Å²) < 4.78 is 1.80. The van der Waals surface area contributed by atoms with E-state index in [9.17, 15) is 0 Å². The molecule has 0 aliphatic heterocycles. The van der Waals surface area contributed by atoms with E-state index in [1.807, 2.05) is 18.3 Å². The molecule has 0 atom stereocenters. The molecule has 0 unspecified atom stereocenters. The van der Waals surface area contributed by atoms with Gasteiger partial charge in [-0.15, -0.1) is 5.10 Å². The Bertz CT molecular complexity index is 519. The van der Waals surface area contributed by atoms with Gasteiger partial charge in [0.2, 0.25) is 0 Å². The molecule has 19 heavy (non-hydrogen) atoms. The van der Waals surface area contributed by atoms with Gasteiger partial charge in [0.05, 0.1) is 11.9 Å². The van der Waals surface area contributed by atoms with Crippen LogP contribution in [0.1, 0.15) is 12.1 Å². The minimum absolute atomic E-state index is 0.611. The lowest BCUT2D eigenvalue weighted by molar-refractivity contribution is 0.405. The Hall–Kier alpha value is -1.66. The number of aromatic nitrogens is 3. The predicted octanol–water partition coefficient (Wildman–Crippen LogP) is 0.594. The van der Waals surface area contributed by atoms with E-state index in [0.717, 1.165) is 43.1 Å². The number of hydrogen-bond acceptors (Lipinski definition) is 5. The van der Waals surface area contributed by atoms with Gasteiger partial charge in [-0.05, 0) is 45.7 Å².